The van der Waals surface area contributed by atoms with Crippen LogP contribution in [0.15, 0.2) is 24.3 Å². The standard InChI is InChI=1S/C14H21N3O2S/c1-15-20(18,19)10-11-4-5-14-13(8-11)12(9-16-14)6-7-17(2)3/h4-5,8-9,15-16H,6-7,10H2,1-3H3/i2D3,4D,5D,8D/hD2. The summed E-state index contributed by atoms with van der Waals surface area (Å²) in [5.74, 6) is -0.787. The van der Waals surface area contributed by atoms with Crippen LogP contribution in [0.1, 0.15) is 19.4 Å². The Morgan fingerprint density at radius 2 is 2.40 bits per heavy atom. The van der Waals surface area contributed by atoms with Gasteiger partial charge in [-0.3, -0.25) is 0 Å². The van der Waals surface area contributed by atoms with Crippen molar-refractivity contribution in [2.75, 3.05) is 27.6 Å². The molecule has 110 valence electrons. The molecule has 5 nitrogen and oxygen atoms in total. The fourth-order valence-corrected chi connectivity index (χ4v) is 2.41. The Kier molecular flexibility index (Phi) is 2.26. The molecule has 0 aliphatic heterocycles. The SMILES string of the molecule is [2H]c1c(CS(=O)(=O)N([2H])C)c([2H])c2c(CCN(C)C([2H])([2H])[2H])cn([2H])c2c1[2H]. The molecular formula is C14H21N3O2S. The third kappa shape index (κ3) is 3.59. The lowest BCUT2D eigenvalue weighted by Gasteiger charge is -2.08. The number of aromatic nitrogens is 1. The van der Waals surface area contributed by atoms with Crippen LogP contribution in [0.3, 0.4) is 0 Å². The fraction of sp³-hybridized carbons (Fsp3) is 0.429. The molecule has 0 unspecified atom stereocenters. The number of fused-ring (bicyclic) bond motifs is 1. The zero-order valence-electron chi connectivity index (χ0n) is 19.3. The Labute approximate surface area is 131 Å². The highest BCUT2D eigenvalue weighted by molar-refractivity contribution is 7.88. The van der Waals surface area contributed by atoms with E-state index in [0.717, 1.165) is 16.9 Å². The summed E-state index contributed by atoms with van der Waals surface area (Å²) >= 11 is 0. The molecule has 2 aromatic rings. The molecule has 0 radical (unpaired) electrons. The zero-order valence-corrected chi connectivity index (χ0v) is 12.1. The molecule has 20 heavy (non-hydrogen) atoms. The average Bonchev–Trinajstić information content (AvgIpc) is 2.90. The van der Waals surface area contributed by atoms with Gasteiger partial charge in [0.25, 0.3) is 0 Å². The minimum Gasteiger partial charge on any atom is -0.361 e. The maximum atomic E-state index is 12.1. The molecule has 1 aromatic heterocycles. The number of aromatic amines is 1. The van der Waals surface area contributed by atoms with Crippen molar-refractivity contribution in [3.8, 4) is 0 Å². The van der Waals surface area contributed by atoms with Gasteiger partial charge in [0, 0.05) is 27.8 Å². The lowest BCUT2D eigenvalue weighted by atomic mass is 10.1. The topological polar surface area (TPSA) is 65.2 Å². The molecule has 0 aliphatic carbocycles. The van der Waals surface area contributed by atoms with E-state index >= 15 is 0 Å². The summed E-state index contributed by atoms with van der Waals surface area (Å²) in [6.45, 7) is -2.22. The Balaban J connectivity index is 2.61. The lowest BCUT2D eigenvalue weighted by Crippen LogP contribution is -2.20. The maximum absolute atomic E-state index is 12.1. The predicted molar refractivity (Wildman–Crippen MR) is 82.2 cm³/mol. The van der Waals surface area contributed by atoms with Gasteiger partial charge in [-0.25, -0.2) is 13.1 Å². The molecule has 2 rings (SSSR count). The van der Waals surface area contributed by atoms with Crippen LogP contribution in [0.25, 0.3) is 10.9 Å². The normalized spacial score (nSPS) is 19.0. The first-order valence-electron chi connectivity index (χ1n) is 9.86. The molecule has 0 saturated carbocycles. The van der Waals surface area contributed by atoms with Crippen LogP contribution in [0.4, 0.5) is 0 Å². The Morgan fingerprint density at radius 3 is 3.10 bits per heavy atom. The van der Waals surface area contributed by atoms with E-state index in [1.54, 1.807) is 0 Å². The van der Waals surface area contributed by atoms with Crippen molar-refractivity contribution in [3.63, 3.8) is 0 Å². The summed E-state index contributed by atoms with van der Waals surface area (Å²) in [5.41, 5.74) is 0.174. The second-order valence-electron chi connectivity index (χ2n) is 4.44. The van der Waals surface area contributed by atoms with Crippen LogP contribution >= 0.6 is 0 Å². The van der Waals surface area contributed by atoms with E-state index in [9.17, 15) is 8.42 Å². The number of benzene rings is 1. The highest BCUT2D eigenvalue weighted by Gasteiger charge is 2.11. The van der Waals surface area contributed by atoms with Crippen molar-refractivity contribution in [3.05, 3.63) is 35.5 Å². The van der Waals surface area contributed by atoms with Crippen molar-refractivity contribution in [2.45, 2.75) is 12.2 Å². The van der Waals surface area contributed by atoms with E-state index in [1.165, 1.54) is 13.2 Å². The van der Waals surface area contributed by atoms with E-state index in [1.807, 2.05) is 0 Å². The summed E-state index contributed by atoms with van der Waals surface area (Å²) < 4.78 is 86.4. The van der Waals surface area contributed by atoms with Crippen molar-refractivity contribution in [1.82, 2.24) is 14.6 Å². The van der Waals surface area contributed by atoms with Crippen molar-refractivity contribution in [1.29, 1.82) is 0 Å². The van der Waals surface area contributed by atoms with Gasteiger partial charge in [0.05, 0.1) is 9.87 Å². The van der Waals surface area contributed by atoms with Crippen LogP contribution < -0.4 is 4.72 Å². The van der Waals surface area contributed by atoms with Crippen molar-refractivity contribution >= 4 is 20.9 Å². The minimum absolute atomic E-state index is 0.0121. The number of sulfonamides is 1. The van der Waals surface area contributed by atoms with E-state index in [0.29, 0.717) is 5.56 Å². The number of likely N-dealkylation sites (N-methyl/N-ethyl adjacent to an activating group) is 1. The summed E-state index contributed by atoms with van der Waals surface area (Å²) in [5, 5.41) is 0.146. The van der Waals surface area contributed by atoms with E-state index in [4.69, 9.17) is 11.0 Å². The van der Waals surface area contributed by atoms with Gasteiger partial charge in [-0.2, -0.15) is 0 Å². The Hall–Kier alpha value is -1.37. The van der Waals surface area contributed by atoms with Gasteiger partial charge in [-0.15, -0.1) is 0 Å². The van der Waals surface area contributed by atoms with Crippen molar-refractivity contribution in [2.24, 2.45) is 0 Å². The first-order chi connectivity index (χ1) is 12.7. The van der Waals surface area contributed by atoms with E-state index < -0.39 is 34.8 Å². The summed E-state index contributed by atoms with van der Waals surface area (Å²) in [6, 6.07) is -1.19. The van der Waals surface area contributed by atoms with Crippen LogP contribution in [0, 0.1) is 0 Å². The lowest BCUT2D eigenvalue weighted by molar-refractivity contribution is 0.414. The van der Waals surface area contributed by atoms with Crippen LogP contribution in [-0.2, 0) is 22.2 Å². The van der Waals surface area contributed by atoms with E-state index in [2.05, 4.69) is 0 Å². The van der Waals surface area contributed by atoms with E-state index in [-0.39, 0.29) is 40.2 Å². The molecule has 0 bridgehead atoms. The number of nitrogens with zero attached hydrogens (tertiary/aromatic N) is 1. The summed E-state index contributed by atoms with van der Waals surface area (Å²) in [4.78, 5) is 1.97. The largest absolute Gasteiger partial charge is 0.361 e. The molecule has 0 amide bonds. The van der Waals surface area contributed by atoms with Crippen molar-refractivity contribution < 1.29 is 19.5 Å². The predicted octanol–water partition coefficient (Wildman–Crippen LogP) is 1.32. The molecule has 2 N–H and O–H groups in total. The molecule has 0 saturated heterocycles. The van der Waals surface area contributed by atoms with Gasteiger partial charge < -0.3 is 9.88 Å². The fourth-order valence-electron chi connectivity index (χ4n) is 1.77. The van der Waals surface area contributed by atoms with Crippen LogP contribution in [0.5, 0.6) is 0 Å². The zero-order chi connectivity index (χ0) is 21.6. The van der Waals surface area contributed by atoms with Gasteiger partial charge in [0.15, 0.2) is 1.41 Å². The molecule has 0 spiro atoms. The molecule has 0 atom stereocenters. The number of rotatable bonds is 6. The average molecular weight is 303 g/mol. The molecule has 0 fully saturated rings. The van der Waals surface area contributed by atoms with Crippen LogP contribution in [-0.4, -0.2) is 45.9 Å². The quantitative estimate of drug-likeness (QED) is 0.846. The first-order valence-corrected chi connectivity index (χ1v) is 7.58. The summed E-state index contributed by atoms with van der Waals surface area (Å²) in [6.07, 6.45) is 1.49. The second kappa shape index (κ2) is 5.95. The third-order valence-corrected chi connectivity index (χ3v) is 4.05. The molecular weight excluding hydrogens is 274 g/mol. The number of H-pyrrole nitrogens is 1. The molecule has 6 heteroatoms. The van der Waals surface area contributed by atoms with Gasteiger partial charge in [-0.1, -0.05) is 6.04 Å². The smallest absolute Gasteiger partial charge is 0.215 e. The number of hydrogen-bond donors (Lipinski definition) is 2. The molecule has 1 heterocycles. The third-order valence-electron chi connectivity index (χ3n) is 2.84. The molecule has 1 aromatic carbocycles. The van der Waals surface area contributed by atoms with Crippen LogP contribution in [0.2, 0.25) is 2.82 Å². The Bertz CT molecular complexity index is 1000. The van der Waals surface area contributed by atoms with Gasteiger partial charge in [-0.05, 0) is 50.7 Å². The highest BCUT2D eigenvalue weighted by atomic mass is 32.2. The number of nitrogens with one attached hydrogen (secondary N) is 2. The summed E-state index contributed by atoms with van der Waals surface area (Å²) in [7, 11) is -1.67. The Morgan fingerprint density at radius 1 is 1.60 bits per heavy atom. The number of hydrogen-bond acceptors (Lipinski definition) is 3. The van der Waals surface area contributed by atoms with Gasteiger partial charge in [0.2, 0.25) is 10.0 Å². The first kappa shape index (κ1) is 7.59. The maximum Gasteiger partial charge on any atom is 0.215 e. The van der Waals surface area contributed by atoms with Gasteiger partial charge in [0.1, 0.15) is 1.41 Å². The monoisotopic (exact) mass is 303 g/mol. The molecule has 0 aliphatic rings. The highest BCUT2D eigenvalue weighted by Crippen LogP contribution is 2.21. The van der Waals surface area contributed by atoms with Gasteiger partial charge >= 0.3 is 0 Å². The minimum atomic E-state index is -4.09. The second-order valence-corrected chi connectivity index (χ2v) is 6.26.